The van der Waals surface area contributed by atoms with Gasteiger partial charge in [-0.15, -0.1) is 0 Å². The van der Waals surface area contributed by atoms with Crippen LogP contribution < -0.4 is 0 Å². The normalized spacial score (nSPS) is 14.7. The SMILES string of the molecule is COC(=O)C(C(=O)OC(C)(C)C)(c1ccc(F)cc1F)C(F)(F)Br. The molecule has 0 aromatic heterocycles. The first-order valence-electron chi connectivity index (χ1n) is 6.61. The van der Waals surface area contributed by atoms with Crippen molar-refractivity contribution >= 4 is 27.9 Å². The fraction of sp³-hybridized carbons (Fsp3) is 0.467. The minimum Gasteiger partial charge on any atom is -0.468 e. The van der Waals surface area contributed by atoms with E-state index in [-0.39, 0.29) is 6.07 Å². The standard InChI is InChI=1S/C15H15BrF4O4/c1-13(2,3)24-12(22)14(11(21)23-4,15(16,19)20)9-6-5-8(17)7-10(9)18/h5-7H,1-4H3. The molecule has 0 aliphatic carbocycles. The minimum absolute atomic E-state index is 0.274. The summed E-state index contributed by atoms with van der Waals surface area (Å²) in [6, 6.07) is 1.48. The lowest BCUT2D eigenvalue weighted by Gasteiger charge is -2.35. The van der Waals surface area contributed by atoms with Crippen LogP contribution >= 0.6 is 15.9 Å². The zero-order valence-electron chi connectivity index (χ0n) is 13.3. The zero-order chi connectivity index (χ0) is 18.9. The van der Waals surface area contributed by atoms with E-state index in [9.17, 15) is 27.2 Å². The summed E-state index contributed by atoms with van der Waals surface area (Å²) in [5.74, 6) is -6.10. The van der Waals surface area contributed by atoms with Crippen molar-refractivity contribution in [3.8, 4) is 0 Å². The van der Waals surface area contributed by atoms with Crippen molar-refractivity contribution in [1.29, 1.82) is 0 Å². The van der Waals surface area contributed by atoms with E-state index in [1.54, 1.807) is 0 Å². The molecule has 0 N–H and O–H groups in total. The summed E-state index contributed by atoms with van der Waals surface area (Å²) in [6.45, 7) is 4.13. The maximum Gasteiger partial charge on any atom is 0.336 e. The first-order chi connectivity index (χ1) is 10.8. The Bertz CT molecular complexity index is 652. The van der Waals surface area contributed by atoms with Gasteiger partial charge in [0.25, 0.3) is 5.41 Å². The molecule has 1 aromatic carbocycles. The molecular formula is C15H15BrF4O4. The quantitative estimate of drug-likeness (QED) is 0.326. The second-order valence-corrected chi connectivity index (χ2v) is 6.86. The van der Waals surface area contributed by atoms with Crippen LogP contribution in [0, 0.1) is 11.6 Å². The monoisotopic (exact) mass is 414 g/mol. The third kappa shape index (κ3) is 3.71. The highest BCUT2D eigenvalue weighted by Crippen LogP contribution is 2.47. The Balaban J connectivity index is 3.78. The fourth-order valence-corrected chi connectivity index (χ4v) is 2.53. The van der Waals surface area contributed by atoms with E-state index in [4.69, 9.17) is 4.74 Å². The highest BCUT2D eigenvalue weighted by molar-refractivity contribution is 9.10. The molecule has 9 heteroatoms. The second kappa shape index (κ2) is 6.70. The number of benzene rings is 1. The van der Waals surface area contributed by atoms with Crippen LogP contribution in [0.2, 0.25) is 0 Å². The average molecular weight is 415 g/mol. The molecule has 0 radical (unpaired) electrons. The summed E-state index contributed by atoms with van der Waals surface area (Å²) >= 11 is 1.95. The van der Waals surface area contributed by atoms with E-state index < -0.39 is 45.0 Å². The van der Waals surface area contributed by atoms with Crippen LogP contribution in [0.25, 0.3) is 0 Å². The molecule has 0 spiro atoms. The molecule has 1 unspecified atom stereocenters. The number of alkyl halides is 3. The van der Waals surface area contributed by atoms with Gasteiger partial charge in [-0.3, -0.25) is 9.59 Å². The lowest BCUT2D eigenvalue weighted by Crippen LogP contribution is -2.57. The Morgan fingerprint density at radius 3 is 2.00 bits per heavy atom. The number of halogens is 5. The van der Waals surface area contributed by atoms with Gasteiger partial charge in [-0.2, -0.15) is 8.78 Å². The fourth-order valence-electron chi connectivity index (χ4n) is 1.99. The van der Waals surface area contributed by atoms with Gasteiger partial charge in [-0.1, -0.05) is 6.07 Å². The van der Waals surface area contributed by atoms with E-state index in [0.717, 1.165) is 7.11 Å². The van der Waals surface area contributed by atoms with Crippen LogP contribution in [0.5, 0.6) is 0 Å². The number of carbonyl (C=O) groups is 2. The second-order valence-electron chi connectivity index (χ2n) is 5.87. The molecule has 0 aliphatic heterocycles. The predicted octanol–water partition coefficient (Wildman–Crippen LogP) is 3.71. The Labute approximate surface area is 144 Å². The summed E-state index contributed by atoms with van der Waals surface area (Å²) < 4.78 is 65.1. The van der Waals surface area contributed by atoms with Gasteiger partial charge in [0.15, 0.2) is 0 Å². The summed E-state index contributed by atoms with van der Waals surface area (Å²) in [4.78, 5) is 20.3. The maximum absolute atomic E-state index is 14.3. The first kappa shape index (κ1) is 20.4. The third-order valence-electron chi connectivity index (χ3n) is 2.96. The summed E-state index contributed by atoms with van der Waals surface area (Å²) in [6.07, 6.45) is 0. The highest BCUT2D eigenvalue weighted by atomic mass is 79.9. The molecule has 1 rings (SSSR count). The van der Waals surface area contributed by atoms with Gasteiger partial charge in [0.05, 0.1) is 7.11 Å². The first-order valence-corrected chi connectivity index (χ1v) is 7.40. The van der Waals surface area contributed by atoms with Crippen LogP contribution in [-0.2, 0) is 24.5 Å². The molecule has 0 heterocycles. The summed E-state index contributed by atoms with van der Waals surface area (Å²) in [5.41, 5.74) is -5.83. The summed E-state index contributed by atoms with van der Waals surface area (Å²) in [7, 11) is 0.752. The van der Waals surface area contributed by atoms with Crippen molar-refractivity contribution in [2.24, 2.45) is 0 Å². The van der Waals surface area contributed by atoms with Crippen LogP contribution in [-0.4, -0.2) is 29.5 Å². The maximum atomic E-state index is 14.3. The van der Waals surface area contributed by atoms with Gasteiger partial charge in [0.2, 0.25) is 0 Å². The van der Waals surface area contributed by atoms with E-state index in [1.807, 2.05) is 15.9 Å². The minimum atomic E-state index is -4.28. The Kier molecular flexibility index (Phi) is 5.69. The van der Waals surface area contributed by atoms with Crippen molar-refractivity contribution in [2.75, 3.05) is 7.11 Å². The van der Waals surface area contributed by atoms with E-state index in [2.05, 4.69) is 4.74 Å². The molecule has 0 aliphatic rings. The number of hydrogen-bond acceptors (Lipinski definition) is 4. The van der Waals surface area contributed by atoms with Gasteiger partial charge < -0.3 is 9.47 Å². The van der Waals surface area contributed by atoms with Crippen molar-refractivity contribution in [1.82, 2.24) is 0 Å². The van der Waals surface area contributed by atoms with Crippen molar-refractivity contribution < 1.29 is 36.6 Å². The molecule has 1 aromatic rings. The van der Waals surface area contributed by atoms with Gasteiger partial charge in [0.1, 0.15) is 17.2 Å². The van der Waals surface area contributed by atoms with Crippen molar-refractivity contribution in [3.63, 3.8) is 0 Å². The predicted molar refractivity (Wildman–Crippen MR) is 79.8 cm³/mol. The van der Waals surface area contributed by atoms with Gasteiger partial charge >= 0.3 is 16.8 Å². The number of carbonyl (C=O) groups excluding carboxylic acids is 2. The zero-order valence-corrected chi connectivity index (χ0v) is 14.8. The Morgan fingerprint density at radius 2 is 1.62 bits per heavy atom. The Hall–Kier alpha value is -1.64. The third-order valence-corrected chi connectivity index (χ3v) is 3.55. The largest absolute Gasteiger partial charge is 0.468 e. The van der Waals surface area contributed by atoms with Crippen LogP contribution in [0.15, 0.2) is 18.2 Å². The smallest absolute Gasteiger partial charge is 0.336 e. The number of methoxy groups -OCH3 is 1. The molecule has 0 bridgehead atoms. The molecule has 0 amide bonds. The van der Waals surface area contributed by atoms with Crippen LogP contribution in [0.1, 0.15) is 26.3 Å². The van der Waals surface area contributed by atoms with Gasteiger partial charge in [-0.05, 0) is 42.8 Å². The number of rotatable bonds is 4. The molecule has 0 fully saturated rings. The summed E-state index contributed by atoms with van der Waals surface area (Å²) in [5, 5.41) is 0. The van der Waals surface area contributed by atoms with Gasteiger partial charge in [-0.25, -0.2) is 8.78 Å². The molecule has 4 nitrogen and oxygen atoms in total. The Morgan fingerprint density at radius 1 is 1.08 bits per heavy atom. The van der Waals surface area contributed by atoms with Gasteiger partial charge in [0, 0.05) is 11.6 Å². The molecule has 0 saturated carbocycles. The van der Waals surface area contributed by atoms with E-state index in [0.29, 0.717) is 12.1 Å². The lowest BCUT2D eigenvalue weighted by molar-refractivity contribution is -0.182. The molecule has 24 heavy (non-hydrogen) atoms. The number of ether oxygens (including phenoxy) is 2. The van der Waals surface area contributed by atoms with Crippen molar-refractivity contribution in [2.45, 2.75) is 36.6 Å². The molecule has 134 valence electrons. The molecular weight excluding hydrogens is 400 g/mol. The molecule has 1 atom stereocenters. The van der Waals surface area contributed by atoms with Crippen molar-refractivity contribution in [3.05, 3.63) is 35.4 Å². The number of esters is 2. The van der Waals surface area contributed by atoms with Crippen LogP contribution in [0.4, 0.5) is 17.6 Å². The van der Waals surface area contributed by atoms with E-state index in [1.165, 1.54) is 20.8 Å². The van der Waals surface area contributed by atoms with Crippen LogP contribution in [0.3, 0.4) is 0 Å². The lowest BCUT2D eigenvalue weighted by atomic mass is 9.79. The molecule has 0 saturated heterocycles. The average Bonchev–Trinajstić information content (AvgIpc) is 2.37. The topological polar surface area (TPSA) is 52.6 Å². The highest BCUT2D eigenvalue weighted by Gasteiger charge is 2.68. The van der Waals surface area contributed by atoms with E-state index >= 15 is 0 Å². The number of hydrogen-bond donors (Lipinski definition) is 0.